The Labute approximate surface area is 263 Å². The van der Waals surface area contributed by atoms with E-state index >= 15 is 0 Å². The molecule has 0 saturated carbocycles. The summed E-state index contributed by atoms with van der Waals surface area (Å²) < 4.78 is 33.4. The van der Waals surface area contributed by atoms with Crippen molar-refractivity contribution < 1.29 is 121 Å². The van der Waals surface area contributed by atoms with Crippen molar-refractivity contribution in [2.45, 2.75) is 24.1 Å². The maximum Gasteiger partial charge on any atom is 1.00 e. The van der Waals surface area contributed by atoms with Gasteiger partial charge in [-0.15, -0.1) is 0 Å². The fourth-order valence-corrected chi connectivity index (χ4v) is 3.19. The van der Waals surface area contributed by atoms with Gasteiger partial charge in [-0.3, -0.25) is 5.01 Å². The number of nitrogens with zero attached hydrogens (tertiary/aromatic N) is 4. The molecule has 2 atom stereocenters. The Balaban J connectivity index is 0.00000210. The van der Waals surface area contributed by atoms with Gasteiger partial charge in [0.25, 0.3) is 0 Å². The van der Waals surface area contributed by atoms with Gasteiger partial charge in [0.1, 0.15) is 21.8 Å². The summed E-state index contributed by atoms with van der Waals surface area (Å²) in [5.74, 6) is 0. The summed E-state index contributed by atoms with van der Waals surface area (Å²) in [7, 11) is -4.66. The van der Waals surface area contributed by atoms with E-state index in [-0.39, 0.29) is 113 Å². The zero-order valence-electron chi connectivity index (χ0n) is 15.8. The normalized spacial score (nSPS) is 18.9. The number of rotatable bonds is 4. The number of hydrogen-bond acceptors (Lipinski definition) is 8. The molecule has 1 aliphatic rings. The molecular weight excluding hydrogens is 493 g/mol. The molecule has 0 aromatic heterocycles. The maximum atomic E-state index is 12.7. The van der Waals surface area contributed by atoms with Crippen molar-refractivity contribution in [1.29, 1.82) is 0 Å². The number of azo groups is 1. The summed E-state index contributed by atoms with van der Waals surface area (Å²) in [5, 5.41) is 26.6. The molecular formula is C16H12Cl2K2N4O4S. The summed E-state index contributed by atoms with van der Waals surface area (Å²) in [6.45, 7) is 1.63. The van der Waals surface area contributed by atoms with Gasteiger partial charge in [-0.05, 0) is 49.4 Å². The fourth-order valence-electron chi connectivity index (χ4n) is 2.41. The molecule has 1 heterocycles. The van der Waals surface area contributed by atoms with Gasteiger partial charge >= 0.3 is 103 Å². The smallest absolute Gasteiger partial charge is 0.833 e. The minimum atomic E-state index is -4.66. The molecule has 142 valence electrons. The van der Waals surface area contributed by atoms with Crippen molar-refractivity contribution in [2.75, 3.05) is 5.01 Å². The largest absolute Gasteiger partial charge is 1.00 e. The van der Waals surface area contributed by atoms with Gasteiger partial charge in [0.05, 0.1) is 21.3 Å². The van der Waals surface area contributed by atoms with Crippen LogP contribution in [0.2, 0.25) is 10.0 Å². The Hall–Kier alpha value is 1.23. The van der Waals surface area contributed by atoms with Crippen LogP contribution in [0.3, 0.4) is 0 Å². The van der Waals surface area contributed by atoms with Gasteiger partial charge in [0.15, 0.2) is 0 Å². The van der Waals surface area contributed by atoms with Gasteiger partial charge in [-0.1, -0.05) is 23.2 Å². The van der Waals surface area contributed by atoms with Crippen molar-refractivity contribution in [3.63, 3.8) is 0 Å². The van der Waals surface area contributed by atoms with Crippen LogP contribution in [-0.4, -0.2) is 31.0 Å². The van der Waals surface area contributed by atoms with Crippen LogP contribution in [-0.2, 0) is 10.1 Å². The van der Waals surface area contributed by atoms with Gasteiger partial charge in [-0.25, -0.2) is 8.42 Å². The molecule has 8 nitrogen and oxygen atoms in total. The first kappa shape index (κ1) is 28.3. The van der Waals surface area contributed by atoms with E-state index in [0.717, 1.165) is 12.1 Å². The predicted molar refractivity (Wildman–Crippen MR) is 98.5 cm³/mol. The Kier molecular flexibility index (Phi) is 11.6. The van der Waals surface area contributed by atoms with E-state index in [1.54, 1.807) is 31.2 Å². The van der Waals surface area contributed by atoms with E-state index in [1.807, 2.05) is 0 Å². The first-order valence-corrected chi connectivity index (χ1v) is 9.75. The third kappa shape index (κ3) is 7.11. The number of benzene rings is 2. The van der Waals surface area contributed by atoms with Crippen LogP contribution in [0, 0.1) is 0 Å². The summed E-state index contributed by atoms with van der Waals surface area (Å²) >= 11 is 11.8. The minimum absolute atomic E-state index is 0. The molecule has 2 aromatic rings. The van der Waals surface area contributed by atoms with Crippen molar-refractivity contribution in [1.82, 2.24) is 0 Å². The molecule has 0 N–H and O–H groups in total. The van der Waals surface area contributed by atoms with Crippen LogP contribution in [0.4, 0.5) is 11.4 Å². The number of hydrazone groups is 1. The second kappa shape index (κ2) is 11.9. The SMILES string of the molecule is CC1=NN(c2ccc(Cl)cc2)C([O-])C1N=Nc1cc(S(=O)(=O)[O-])ccc1Cl.[K+].[K+]. The average Bonchev–Trinajstić information content (AvgIpc) is 2.88. The predicted octanol–water partition coefficient (Wildman–Crippen LogP) is -3.06. The first-order valence-electron chi connectivity index (χ1n) is 7.59. The Bertz CT molecular complexity index is 1040. The summed E-state index contributed by atoms with van der Waals surface area (Å²) in [4.78, 5) is -0.487. The molecule has 0 spiro atoms. The zero-order valence-corrected chi connectivity index (χ0v) is 24.4. The Morgan fingerprint density at radius 1 is 1.10 bits per heavy atom. The van der Waals surface area contributed by atoms with Crippen molar-refractivity contribution >= 4 is 50.4 Å². The third-order valence-electron chi connectivity index (χ3n) is 3.79. The van der Waals surface area contributed by atoms with Crippen LogP contribution >= 0.6 is 23.2 Å². The van der Waals surface area contributed by atoms with Gasteiger partial charge < -0.3 is 9.66 Å². The fraction of sp³-hybridized carbons (Fsp3) is 0.188. The number of anilines is 1. The molecule has 0 radical (unpaired) electrons. The van der Waals surface area contributed by atoms with E-state index in [1.165, 1.54) is 11.1 Å². The quantitative estimate of drug-likeness (QED) is 0.248. The monoisotopic (exact) mass is 504 g/mol. The standard InChI is InChI=1S/C16H13Cl2N4O4S.2K/c1-9-15(16(23)22(21-9)11-4-2-10(17)3-5-11)20-19-14-8-12(27(24,25)26)6-7-13(14)18;;/h2-8,15-16H,1H3,(H,24,25,26);;/q-1;2*+1/p-1. The molecule has 0 amide bonds. The molecule has 2 unspecified atom stereocenters. The average molecular weight is 505 g/mol. The van der Waals surface area contributed by atoms with E-state index in [0.29, 0.717) is 16.4 Å². The van der Waals surface area contributed by atoms with Crippen molar-refractivity contribution in [3.05, 3.63) is 52.5 Å². The molecule has 13 heteroatoms. The summed E-state index contributed by atoms with van der Waals surface area (Å²) in [6.07, 6.45) is -1.37. The molecule has 0 saturated heterocycles. The van der Waals surface area contributed by atoms with Crippen LogP contribution < -0.4 is 113 Å². The molecule has 0 bridgehead atoms. The van der Waals surface area contributed by atoms with Crippen LogP contribution in [0.5, 0.6) is 0 Å². The summed E-state index contributed by atoms with van der Waals surface area (Å²) in [6, 6.07) is 8.98. The van der Waals surface area contributed by atoms with E-state index in [4.69, 9.17) is 23.2 Å². The Morgan fingerprint density at radius 2 is 1.72 bits per heavy atom. The molecule has 0 aliphatic carbocycles. The number of halogens is 2. The van der Waals surface area contributed by atoms with Crippen LogP contribution in [0.25, 0.3) is 0 Å². The molecule has 0 fully saturated rings. The second-order valence-corrected chi connectivity index (χ2v) is 7.90. The molecule has 3 rings (SSSR count). The topological polar surface area (TPSA) is 121 Å². The second-order valence-electron chi connectivity index (χ2n) is 5.68. The number of hydrogen-bond donors (Lipinski definition) is 0. The molecule has 1 aliphatic heterocycles. The van der Waals surface area contributed by atoms with Crippen LogP contribution in [0.1, 0.15) is 6.92 Å². The van der Waals surface area contributed by atoms with Crippen LogP contribution in [0.15, 0.2) is 62.7 Å². The van der Waals surface area contributed by atoms with Crippen molar-refractivity contribution in [3.8, 4) is 0 Å². The van der Waals surface area contributed by atoms with E-state index in [9.17, 15) is 18.1 Å². The minimum Gasteiger partial charge on any atom is -0.833 e. The Morgan fingerprint density at radius 3 is 2.31 bits per heavy atom. The zero-order chi connectivity index (χ0) is 19.8. The van der Waals surface area contributed by atoms with E-state index in [2.05, 4.69) is 15.3 Å². The third-order valence-corrected chi connectivity index (χ3v) is 5.19. The first-order chi connectivity index (χ1) is 12.7. The van der Waals surface area contributed by atoms with E-state index < -0.39 is 27.3 Å². The maximum absolute atomic E-state index is 12.7. The van der Waals surface area contributed by atoms with Gasteiger partial charge in [-0.2, -0.15) is 15.3 Å². The summed E-state index contributed by atoms with van der Waals surface area (Å²) in [5.41, 5.74) is 0.949. The molecule has 29 heavy (non-hydrogen) atoms. The van der Waals surface area contributed by atoms with Crippen molar-refractivity contribution in [2.24, 2.45) is 15.3 Å². The van der Waals surface area contributed by atoms with Gasteiger partial charge in [0.2, 0.25) is 0 Å². The molecule has 2 aromatic carbocycles. The van der Waals surface area contributed by atoms with Gasteiger partial charge in [0, 0.05) is 11.3 Å².